The minimum Gasteiger partial charge on any atom is -0.366 e. The zero-order chi connectivity index (χ0) is 13.3. The second-order valence-corrected chi connectivity index (χ2v) is 5.06. The molecule has 0 saturated heterocycles. The molecule has 0 N–H and O–H groups in total. The molecule has 0 atom stereocenters. The number of hydrogen-bond acceptors (Lipinski definition) is 2. The summed E-state index contributed by atoms with van der Waals surface area (Å²) < 4.78 is 27.6. The van der Waals surface area contributed by atoms with E-state index in [0.717, 1.165) is 19.4 Å². The van der Waals surface area contributed by atoms with Gasteiger partial charge in [0.25, 0.3) is 0 Å². The molecule has 0 radical (unpaired) electrons. The SMILES string of the molecule is CC(C)N(CC1CC1)c1ccc(C#N)c(F)c1F. The summed E-state index contributed by atoms with van der Waals surface area (Å²) in [4.78, 5) is 1.87. The maximum Gasteiger partial charge on any atom is 0.183 e. The summed E-state index contributed by atoms with van der Waals surface area (Å²) in [6, 6.07) is 4.60. The van der Waals surface area contributed by atoms with Gasteiger partial charge in [-0.05, 0) is 44.7 Å². The zero-order valence-electron chi connectivity index (χ0n) is 10.6. The van der Waals surface area contributed by atoms with Crippen molar-refractivity contribution in [1.29, 1.82) is 5.26 Å². The van der Waals surface area contributed by atoms with Crippen molar-refractivity contribution >= 4 is 5.69 Å². The first kappa shape index (κ1) is 12.8. The second-order valence-electron chi connectivity index (χ2n) is 5.06. The monoisotopic (exact) mass is 250 g/mol. The predicted octanol–water partition coefficient (Wildman–Crippen LogP) is 3.46. The van der Waals surface area contributed by atoms with Crippen LogP contribution in [-0.2, 0) is 0 Å². The second kappa shape index (κ2) is 4.93. The molecule has 0 unspecified atom stereocenters. The van der Waals surface area contributed by atoms with Crippen molar-refractivity contribution in [2.24, 2.45) is 5.92 Å². The average molecular weight is 250 g/mol. The van der Waals surface area contributed by atoms with Crippen molar-refractivity contribution < 1.29 is 8.78 Å². The third-order valence-corrected chi connectivity index (χ3v) is 3.27. The van der Waals surface area contributed by atoms with Gasteiger partial charge in [-0.25, -0.2) is 8.78 Å². The molecule has 1 aliphatic carbocycles. The van der Waals surface area contributed by atoms with Gasteiger partial charge in [0.15, 0.2) is 11.6 Å². The van der Waals surface area contributed by atoms with Crippen LogP contribution in [0.1, 0.15) is 32.3 Å². The molecule has 2 nitrogen and oxygen atoms in total. The molecule has 2 rings (SSSR count). The van der Waals surface area contributed by atoms with E-state index in [-0.39, 0.29) is 17.3 Å². The number of halogens is 2. The van der Waals surface area contributed by atoms with Crippen LogP contribution in [0.25, 0.3) is 0 Å². The molecule has 1 aliphatic rings. The van der Waals surface area contributed by atoms with Crippen LogP contribution in [0.4, 0.5) is 14.5 Å². The van der Waals surface area contributed by atoms with Gasteiger partial charge in [0.2, 0.25) is 0 Å². The highest BCUT2D eigenvalue weighted by atomic mass is 19.2. The molecule has 0 aromatic heterocycles. The highest BCUT2D eigenvalue weighted by Gasteiger charge is 2.28. The Bertz CT molecular complexity index is 487. The number of nitrogens with zero attached hydrogens (tertiary/aromatic N) is 2. The Labute approximate surface area is 106 Å². The molecular weight excluding hydrogens is 234 g/mol. The van der Waals surface area contributed by atoms with Crippen LogP contribution in [0.2, 0.25) is 0 Å². The van der Waals surface area contributed by atoms with Gasteiger partial charge in [0, 0.05) is 12.6 Å². The highest BCUT2D eigenvalue weighted by Crippen LogP contribution is 2.34. The average Bonchev–Trinajstić information content (AvgIpc) is 3.14. The fourth-order valence-electron chi connectivity index (χ4n) is 2.01. The van der Waals surface area contributed by atoms with Crippen molar-refractivity contribution in [1.82, 2.24) is 0 Å². The number of nitriles is 1. The lowest BCUT2D eigenvalue weighted by Gasteiger charge is -2.29. The van der Waals surface area contributed by atoms with Crippen LogP contribution in [0.5, 0.6) is 0 Å². The van der Waals surface area contributed by atoms with Crippen LogP contribution >= 0.6 is 0 Å². The van der Waals surface area contributed by atoms with E-state index in [9.17, 15) is 8.78 Å². The fourth-order valence-corrected chi connectivity index (χ4v) is 2.01. The number of anilines is 1. The molecule has 0 aliphatic heterocycles. The Morgan fingerprint density at radius 3 is 2.50 bits per heavy atom. The van der Waals surface area contributed by atoms with Crippen molar-refractivity contribution in [2.75, 3.05) is 11.4 Å². The van der Waals surface area contributed by atoms with E-state index in [1.165, 1.54) is 12.1 Å². The van der Waals surface area contributed by atoms with E-state index in [2.05, 4.69) is 0 Å². The number of benzene rings is 1. The van der Waals surface area contributed by atoms with Crippen molar-refractivity contribution in [3.05, 3.63) is 29.3 Å². The largest absolute Gasteiger partial charge is 0.366 e. The van der Waals surface area contributed by atoms with Crippen molar-refractivity contribution in [3.8, 4) is 6.07 Å². The van der Waals surface area contributed by atoms with Crippen LogP contribution in [0, 0.1) is 28.9 Å². The Balaban J connectivity index is 2.35. The summed E-state index contributed by atoms with van der Waals surface area (Å²) in [5, 5.41) is 8.67. The van der Waals surface area contributed by atoms with E-state index >= 15 is 0 Å². The van der Waals surface area contributed by atoms with Gasteiger partial charge >= 0.3 is 0 Å². The van der Waals surface area contributed by atoms with Crippen LogP contribution in [0.15, 0.2) is 12.1 Å². The van der Waals surface area contributed by atoms with Gasteiger partial charge in [0.05, 0.1) is 11.3 Å². The first-order valence-electron chi connectivity index (χ1n) is 6.19. The molecule has 18 heavy (non-hydrogen) atoms. The zero-order valence-corrected chi connectivity index (χ0v) is 10.6. The van der Waals surface area contributed by atoms with Crippen molar-refractivity contribution in [3.63, 3.8) is 0 Å². The lowest BCUT2D eigenvalue weighted by Crippen LogP contribution is -2.33. The van der Waals surface area contributed by atoms with Gasteiger partial charge in [-0.1, -0.05) is 0 Å². The molecule has 1 aromatic carbocycles. The molecule has 1 saturated carbocycles. The van der Waals surface area contributed by atoms with Crippen molar-refractivity contribution in [2.45, 2.75) is 32.7 Å². The lowest BCUT2D eigenvalue weighted by molar-refractivity contribution is 0.498. The van der Waals surface area contributed by atoms with Gasteiger partial charge in [-0.2, -0.15) is 5.26 Å². The van der Waals surface area contributed by atoms with E-state index in [4.69, 9.17) is 5.26 Å². The third-order valence-electron chi connectivity index (χ3n) is 3.27. The number of rotatable bonds is 4. The first-order valence-corrected chi connectivity index (χ1v) is 6.19. The standard InChI is InChI=1S/C14H16F2N2/c1-9(2)18(8-10-3-4-10)12-6-5-11(7-17)13(15)14(12)16/h5-6,9-10H,3-4,8H2,1-2H3. The topological polar surface area (TPSA) is 27.0 Å². The normalized spacial score (nSPS) is 14.7. The molecule has 96 valence electrons. The van der Waals surface area contributed by atoms with Gasteiger partial charge in [0.1, 0.15) is 6.07 Å². The molecule has 4 heteroatoms. The Morgan fingerprint density at radius 2 is 2.00 bits per heavy atom. The molecule has 0 bridgehead atoms. The summed E-state index contributed by atoms with van der Waals surface area (Å²) in [7, 11) is 0. The predicted molar refractivity (Wildman–Crippen MR) is 66.3 cm³/mol. The maximum absolute atomic E-state index is 14.0. The van der Waals surface area contributed by atoms with Crippen LogP contribution in [0.3, 0.4) is 0 Å². The minimum atomic E-state index is -1.04. The quantitative estimate of drug-likeness (QED) is 0.818. The maximum atomic E-state index is 14.0. The highest BCUT2D eigenvalue weighted by molar-refractivity contribution is 5.52. The third kappa shape index (κ3) is 2.45. The molecule has 1 aromatic rings. The molecule has 0 spiro atoms. The summed E-state index contributed by atoms with van der Waals surface area (Å²) in [6.45, 7) is 4.66. The minimum absolute atomic E-state index is 0.104. The van der Waals surface area contributed by atoms with E-state index in [1.807, 2.05) is 18.7 Å². The van der Waals surface area contributed by atoms with Crippen LogP contribution in [-0.4, -0.2) is 12.6 Å². The Morgan fingerprint density at radius 1 is 1.33 bits per heavy atom. The summed E-state index contributed by atoms with van der Waals surface area (Å²) >= 11 is 0. The summed E-state index contributed by atoms with van der Waals surface area (Å²) in [6.07, 6.45) is 2.31. The van der Waals surface area contributed by atoms with Crippen LogP contribution < -0.4 is 4.90 Å². The first-order chi connectivity index (χ1) is 8.54. The summed E-state index contributed by atoms with van der Waals surface area (Å²) in [5.74, 6) is -1.37. The van der Waals surface area contributed by atoms with E-state index in [0.29, 0.717) is 5.92 Å². The Hall–Kier alpha value is -1.63. The molecule has 0 heterocycles. The lowest BCUT2D eigenvalue weighted by atomic mass is 10.1. The Kier molecular flexibility index (Phi) is 3.51. The molecule has 1 fully saturated rings. The molecule has 0 amide bonds. The van der Waals surface area contributed by atoms with Gasteiger partial charge in [-0.15, -0.1) is 0 Å². The van der Waals surface area contributed by atoms with Gasteiger partial charge < -0.3 is 4.90 Å². The summed E-state index contributed by atoms with van der Waals surface area (Å²) in [5.41, 5.74) is 0.0137. The molecular formula is C14H16F2N2. The van der Waals surface area contributed by atoms with E-state index in [1.54, 1.807) is 6.07 Å². The fraction of sp³-hybridized carbons (Fsp3) is 0.500. The van der Waals surface area contributed by atoms with E-state index < -0.39 is 11.6 Å². The smallest absolute Gasteiger partial charge is 0.183 e. The van der Waals surface area contributed by atoms with Gasteiger partial charge in [-0.3, -0.25) is 0 Å². The number of hydrogen-bond donors (Lipinski definition) is 0.